The molecule has 1 aromatic heterocycles. The summed E-state index contributed by atoms with van der Waals surface area (Å²) < 4.78 is 0. The molecular formula is C22H19Cl2N3O2S. The molecule has 0 aliphatic rings. The van der Waals surface area contributed by atoms with Gasteiger partial charge in [0.1, 0.15) is 5.82 Å². The molecule has 2 amide bonds. The second-order valence-corrected chi connectivity index (χ2v) is 8.77. The molecule has 5 nitrogen and oxygen atoms in total. The normalized spacial score (nSPS) is 11.6. The molecule has 154 valence electrons. The highest BCUT2D eigenvalue weighted by atomic mass is 35.5. The number of aromatic nitrogens is 1. The van der Waals surface area contributed by atoms with E-state index in [1.165, 1.54) is 18.0 Å². The number of thioether (sulfide) groups is 1. The Morgan fingerprint density at radius 1 is 0.933 bits per heavy atom. The lowest BCUT2D eigenvalue weighted by atomic mass is 10.1. The smallest absolute Gasteiger partial charge is 0.238 e. The molecule has 0 radical (unpaired) electrons. The van der Waals surface area contributed by atoms with Gasteiger partial charge in [0.25, 0.3) is 0 Å². The summed E-state index contributed by atoms with van der Waals surface area (Å²) in [6.45, 7) is 1.82. The number of nitrogens with one attached hydrogen (secondary N) is 2. The molecule has 3 rings (SSSR count). The van der Waals surface area contributed by atoms with E-state index >= 15 is 0 Å². The Balaban J connectivity index is 1.50. The Kier molecular flexibility index (Phi) is 7.74. The summed E-state index contributed by atoms with van der Waals surface area (Å²) in [7, 11) is 0. The summed E-state index contributed by atoms with van der Waals surface area (Å²) in [6.07, 6.45) is 1.75. The minimum absolute atomic E-state index is 0.110. The number of carbonyl (C=O) groups is 2. The Morgan fingerprint density at radius 3 is 2.23 bits per heavy atom. The summed E-state index contributed by atoms with van der Waals surface area (Å²) in [4.78, 5) is 29.5. The molecule has 2 N–H and O–H groups in total. The van der Waals surface area contributed by atoms with Crippen molar-refractivity contribution in [3.63, 3.8) is 0 Å². The van der Waals surface area contributed by atoms with Gasteiger partial charge < -0.3 is 10.6 Å². The molecule has 3 aromatic rings. The molecule has 0 saturated carbocycles. The van der Waals surface area contributed by atoms with Crippen molar-refractivity contribution in [3.8, 4) is 0 Å². The zero-order valence-corrected chi connectivity index (χ0v) is 18.4. The summed E-state index contributed by atoms with van der Waals surface area (Å²) in [5.41, 5.74) is 1.58. The van der Waals surface area contributed by atoms with E-state index in [1.807, 2.05) is 43.3 Å². The second-order valence-electron chi connectivity index (χ2n) is 6.49. The molecule has 0 fully saturated rings. The number of pyridine rings is 1. The van der Waals surface area contributed by atoms with E-state index in [1.54, 1.807) is 24.3 Å². The van der Waals surface area contributed by atoms with Gasteiger partial charge in [0.15, 0.2) is 0 Å². The number of hydrogen-bond donors (Lipinski definition) is 2. The van der Waals surface area contributed by atoms with E-state index in [-0.39, 0.29) is 23.5 Å². The van der Waals surface area contributed by atoms with Crippen LogP contribution >= 0.6 is 35.0 Å². The van der Waals surface area contributed by atoms with Gasteiger partial charge in [0.05, 0.1) is 16.7 Å². The van der Waals surface area contributed by atoms with Crippen molar-refractivity contribution < 1.29 is 9.59 Å². The van der Waals surface area contributed by atoms with Crippen LogP contribution in [-0.2, 0) is 16.0 Å². The van der Waals surface area contributed by atoms with Crippen LogP contribution in [0.2, 0.25) is 10.0 Å². The van der Waals surface area contributed by atoms with Crippen LogP contribution in [-0.4, -0.2) is 22.0 Å². The van der Waals surface area contributed by atoms with Crippen LogP contribution in [0.1, 0.15) is 12.5 Å². The van der Waals surface area contributed by atoms with Crippen LogP contribution < -0.4 is 10.6 Å². The van der Waals surface area contributed by atoms with Crippen molar-refractivity contribution in [1.82, 2.24) is 4.98 Å². The largest absolute Gasteiger partial charge is 0.326 e. The van der Waals surface area contributed by atoms with E-state index in [4.69, 9.17) is 23.2 Å². The molecule has 1 heterocycles. The van der Waals surface area contributed by atoms with Gasteiger partial charge in [-0.05, 0) is 61.0 Å². The first-order valence-corrected chi connectivity index (χ1v) is 10.8. The van der Waals surface area contributed by atoms with Gasteiger partial charge in [0.2, 0.25) is 11.8 Å². The Labute approximate surface area is 189 Å². The highest BCUT2D eigenvalue weighted by molar-refractivity contribution is 8.00. The molecule has 0 bridgehead atoms. The van der Waals surface area contributed by atoms with Crippen LogP contribution in [0, 0.1) is 0 Å². The molecule has 0 saturated heterocycles. The van der Waals surface area contributed by atoms with Crippen molar-refractivity contribution in [2.24, 2.45) is 0 Å². The van der Waals surface area contributed by atoms with Gasteiger partial charge in [-0.3, -0.25) is 9.59 Å². The first-order chi connectivity index (χ1) is 14.4. The van der Waals surface area contributed by atoms with Gasteiger partial charge in [-0.2, -0.15) is 0 Å². The predicted molar refractivity (Wildman–Crippen MR) is 123 cm³/mol. The molecule has 1 unspecified atom stereocenters. The van der Waals surface area contributed by atoms with E-state index in [9.17, 15) is 9.59 Å². The zero-order chi connectivity index (χ0) is 21.5. The molecule has 2 aromatic carbocycles. The molecule has 1 atom stereocenters. The van der Waals surface area contributed by atoms with Crippen molar-refractivity contribution in [2.75, 3.05) is 10.6 Å². The third kappa shape index (κ3) is 6.76. The number of amides is 2. The fourth-order valence-corrected chi connectivity index (χ4v) is 3.65. The van der Waals surface area contributed by atoms with Crippen molar-refractivity contribution >= 4 is 58.3 Å². The minimum atomic E-state index is -0.326. The summed E-state index contributed by atoms with van der Waals surface area (Å²) in [5.74, 6) is 0.187. The Hall–Kier alpha value is -2.54. The van der Waals surface area contributed by atoms with Crippen LogP contribution in [0.25, 0.3) is 0 Å². The Morgan fingerprint density at radius 2 is 1.60 bits per heavy atom. The van der Waals surface area contributed by atoms with Gasteiger partial charge in [0, 0.05) is 21.8 Å². The number of carbonyl (C=O) groups excluding carboxylic acids is 2. The molecule has 0 aliphatic carbocycles. The van der Waals surface area contributed by atoms with Crippen LogP contribution in [0.3, 0.4) is 0 Å². The lowest BCUT2D eigenvalue weighted by molar-refractivity contribution is -0.116. The van der Waals surface area contributed by atoms with Crippen molar-refractivity contribution in [1.29, 1.82) is 0 Å². The predicted octanol–water partition coefficient (Wildman–Crippen LogP) is 5.69. The van der Waals surface area contributed by atoms with Crippen LogP contribution in [0.4, 0.5) is 11.5 Å². The van der Waals surface area contributed by atoms with E-state index in [2.05, 4.69) is 15.6 Å². The molecule has 0 spiro atoms. The fourth-order valence-electron chi connectivity index (χ4n) is 2.54. The maximum absolute atomic E-state index is 12.3. The minimum Gasteiger partial charge on any atom is -0.326 e. The fraction of sp³-hybridized carbons (Fsp3) is 0.136. The second kappa shape index (κ2) is 10.5. The summed E-state index contributed by atoms with van der Waals surface area (Å²) in [6, 6.07) is 17.9. The topological polar surface area (TPSA) is 71.1 Å². The lowest BCUT2D eigenvalue weighted by Gasteiger charge is -2.12. The maximum Gasteiger partial charge on any atom is 0.238 e. The summed E-state index contributed by atoms with van der Waals surface area (Å²) >= 11 is 13.1. The summed E-state index contributed by atoms with van der Waals surface area (Å²) in [5, 5.41) is 6.45. The van der Waals surface area contributed by atoms with Crippen LogP contribution in [0.5, 0.6) is 0 Å². The highest BCUT2D eigenvalue weighted by Crippen LogP contribution is 2.25. The van der Waals surface area contributed by atoms with E-state index in [0.717, 1.165) is 10.5 Å². The number of hydrogen-bond acceptors (Lipinski definition) is 4. The van der Waals surface area contributed by atoms with Gasteiger partial charge in [-0.25, -0.2) is 4.98 Å². The quantitative estimate of drug-likeness (QED) is 0.445. The molecule has 0 aliphatic heterocycles. The first kappa shape index (κ1) is 22.2. The maximum atomic E-state index is 12.3. The number of anilines is 2. The van der Waals surface area contributed by atoms with Crippen molar-refractivity contribution in [2.45, 2.75) is 23.5 Å². The number of benzene rings is 2. The Bertz CT molecular complexity index is 1010. The molecule has 8 heteroatoms. The van der Waals surface area contributed by atoms with Gasteiger partial charge in [-0.1, -0.05) is 35.3 Å². The number of rotatable bonds is 7. The standard InChI is InChI=1S/C22H19Cl2N3O2S/c1-14(22(29)27-20-11-6-17(24)13-25-20)30-19-9-7-18(8-10-19)26-21(28)12-15-2-4-16(23)5-3-15/h2-11,13-14H,12H2,1H3,(H,26,28)(H,25,27,29). The van der Waals surface area contributed by atoms with Crippen molar-refractivity contribution in [3.05, 3.63) is 82.5 Å². The van der Waals surface area contributed by atoms with E-state index in [0.29, 0.717) is 21.6 Å². The highest BCUT2D eigenvalue weighted by Gasteiger charge is 2.15. The number of nitrogens with zero attached hydrogens (tertiary/aromatic N) is 1. The third-order valence-corrected chi connectivity index (χ3v) is 5.66. The molecule has 30 heavy (non-hydrogen) atoms. The van der Waals surface area contributed by atoms with Crippen LogP contribution in [0.15, 0.2) is 71.8 Å². The monoisotopic (exact) mass is 459 g/mol. The average molecular weight is 460 g/mol. The van der Waals surface area contributed by atoms with Gasteiger partial charge in [-0.15, -0.1) is 11.8 Å². The first-order valence-electron chi connectivity index (χ1n) is 9.12. The van der Waals surface area contributed by atoms with E-state index < -0.39 is 0 Å². The third-order valence-electron chi connectivity index (χ3n) is 4.08. The van der Waals surface area contributed by atoms with Gasteiger partial charge >= 0.3 is 0 Å². The number of halogens is 2. The molecular weight excluding hydrogens is 441 g/mol. The zero-order valence-electron chi connectivity index (χ0n) is 16.1. The SMILES string of the molecule is CC(Sc1ccc(NC(=O)Cc2ccc(Cl)cc2)cc1)C(=O)Nc1ccc(Cl)cn1. The average Bonchev–Trinajstić information content (AvgIpc) is 2.73. The lowest BCUT2D eigenvalue weighted by Crippen LogP contribution is -2.22.